The molecule has 0 saturated carbocycles. The minimum absolute atomic E-state index is 0.0163. The van der Waals surface area contributed by atoms with Crippen molar-refractivity contribution in [3.8, 4) is 17.0 Å². The van der Waals surface area contributed by atoms with Crippen molar-refractivity contribution in [1.29, 1.82) is 0 Å². The van der Waals surface area contributed by atoms with Crippen LogP contribution in [-0.2, 0) is 24.3 Å². The van der Waals surface area contributed by atoms with Crippen LogP contribution in [-0.4, -0.2) is 36.0 Å². The van der Waals surface area contributed by atoms with Gasteiger partial charge in [-0.25, -0.2) is 4.39 Å². The van der Waals surface area contributed by atoms with Gasteiger partial charge in [-0.15, -0.1) is 0 Å². The summed E-state index contributed by atoms with van der Waals surface area (Å²) in [5.41, 5.74) is 6.10. The summed E-state index contributed by atoms with van der Waals surface area (Å²) >= 11 is 0. The predicted octanol–water partition coefficient (Wildman–Crippen LogP) is 5.83. The minimum Gasteiger partial charge on any atom is -0.497 e. The summed E-state index contributed by atoms with van der Waals surface area (Å²) in [5.74, 6) is 0.465. The van der Waals surface area contributed by atoms with Gasteiger partial charge in [0.2, 0.25) is 5.91 Å². The maximum absolute atomic E-state index is 14.1. The first-order chi connectivity index (χ1) is 17.6. The van der Waals surface area contributed by atoms with Crippen LogP contribution in [0.25, 0.3) is 22.2 Å². The van der Waals surface area contributed by atoms with E-state index in [0.29, 0.717) is 19.4 Å². The molecule has 6 heteroatoms. The molecular weight excluding hydrogens is 453 g/mol. The molecule has 5 rings (SSSR count). The molecule has 0 bridgehead atoms. The number of aryl methyl sites for hydroxylation is 1. The highest BCUT2D eigenvalue weighted by atomic mass is 19.1. The number of amides is 1. The minimum atomic E-state index is -0.289. The van der Waals surface area contributed by atoms with Gasteiger partial charge >= 0.3 is 0 Å². The quantitative estimate of drug-likeness (QED) is 0.314. The second kappa shape index (κ2) is 11.0. The van der Waals surface area contributed by atoms with E-state index in [-0.39, 0.29) is 11.7 Å². The van der Waals surface area contributed by atoms with Crippen molar-refractivity contribution in [2.75, 3.05) is 20.2 Å². The van der Waals surface area contributed by atoms with Crippen LogP contribution in [0.2, 0.25) is 0 Å². The van der Waals surface area contributed by atoms with Gasteiger partial charge in [-0.1, -0.05) is 24.3 Å². The average molecular weight is 486 g/mol. The van der Waals surface area contributed by atoms with Crippen LogP contribution in [0.15, 0.2) is 66.7 Å². The topological polar surface area (TPSA) is 57.4 Å². The van der Waals surface area contributed by atoms with E-state index in [1.54, 1.807) is 19.2 Å². The highest BCUT2D eigenvalue weighted by molar-refractivity contribution is 5.91. The monoisotopic (exact) mass is 485 g/mol. The molecule has 36 heavy (non-hydrogen) atoms. The van der Waals surface area contributed by atoms with Gasteiger partial charge in [0.25, 0.3) is 0 Å². The first kappa shape index (κ1) is 24.1. The number of nitrogens with zero attached hydrogens (tertiary/aromatic N) is 1. The number of benzene rings is 3. The summed E-state index contributed by atoms with van der Waals surface area (Å²) in [5, 5.41) is 3.91. The fraction of sp³-hybridized carbons (Fsp3) is 0.300. The lowest BCUT2D eigenvalue weighted by Crippen LogP contribution is -2.25. The number of halogens is 1. The average Bonchev–Trinajstić information content (AvgIpc) is 3.54. The lowest BCUT2D eigenvalue weighted by Gasteiger charge is -2.17. The lowest BCUT2D eigenvalue weighted by molar-refractivity contribution is -0.121. The largest absolute Gasteiger partial charge is 0.497 e. The molecule has 5 nitrogen and oxygen atoms in total. The Labute approximate surface area is 211 Å². The van der Waals surface area contributed by atoms with Gasteiger partial charge in [0, 0.05) is 36.1 Å². The van der Waals surface area contributed by atoms with Gasteiger partial charge in [0.1, 0.15) is 11.6 Å². The number of carbonyl (C=O) groups is 1. The van der Waals surface area contributed by atoms with Gasteiger partial charge in [0.15, 0.2) is 0 Å². The van der Waals surface area contributed by atoms with Gasteiger partial charge in [0.05, 0.1) is 7.11 Å². The first-order valence-electron chi connectivity index (χ1n) is 12.6. The maximum atomic E-state index is 14.1. The van der Waals surface area contributed by atoms with Crippen LogP contribution in [0.5, 0.6) is 5.75 Å². The van der Waals surface area contributed by atoms with Crippen LogP contribution >= 0.6 is 0 Å². The number of aromatic nitrogens is 1. The van der Waals surface area contributed by atoms with Crippen LogP contribution in [0, 0.1) is 5.82 Å². The van der Waals surface area contributed by atoms with Crippen LogP contribution in [0.3, 0.4) is 0 Å². The molecule has 2 N–H and O–H groups in total. The summed E-state index contributed by atoms with van der Waals surface area (Å²) < 4.78 is 19.4. The Morgan fingerprint density at radius 3 is 2.53 bits per heavy atom. The number of rotatable bonds is 9. The standard InChI is InChI=1S/C30H32FN3O2/c1-36-25-11-8-21(9-12-25)30-26(27-18-24(31)10-14-28(27)33-30)13-15-29(35)32-19-22-6-2-3-7-23(22)20-34-16-4-5-17-34/h2-3,6-12,14,18,33H,4-5,13,15-17,19-20H2,1H3,(H,32,35). The van der Waals surface area contributed by atoms with Crippen molar-refractivity contribution in [3.63, 3.8) is 0 Å². The molecule has 0 atom stereocenters. The molecule has 1 amide bonds. The Morgan fingerprint density at radius 2 is 1.78 bits per heavy atom. The van der Waals surface area contributed by atoms with Crippen molar-refractivity contribution >= 4 is 16.8 Å². The zero-order valence-electron chi connectivity index (χ0n) is 20.6. The molecule has 3 aromatic carbocycles. The van der Waals surface area contributed by atoms with Crippen LogP contribution < -0.4 is 10.1 Å². The van der Waals surface area contributed by atoms with E-state index in [9.17, 15) is 9.18 Å². The predicted molar refractivity (Wildman–Crippen MR) is 141 cm³/mol. The normalized spacial score (nSPS) is 13.8. The summed E-state index contributed by atoms with van der Waals surface area (Å²) in [7, 11) is 1.63. The summed E-state index contributed by atoms with van der Waals surface area (Å²) in [4.78, 5) is 18.8. The van der Waals surface area contributed by atoms with Gasteiger partial charge < -0.3 is 15.0 Å². The molecule has 2 heterocycles. The van der Waals surface area contributed by atoms with Crippen LogP contribution in [0.1, 0.15) is 36.0 Å². The number of hydrogen-bond acceptors (Lipinski definition) is 3. The Balaban J connectivity index is 1.29. The molecule has 0 unspecified atom stereocenters. The van der Waals surface area contributed by atoms with Crippen molar-refractivity contribution < 1.29 is 13.9 Å². The van der Waals surface area contributed by atoms with Crippen LogP contribution in [0.4, 0.5) is 4.39 Å². The Morgan fingerprint density at radius 1 is 1.03 bits per heavy atom. The van der Waals surface area contributed by atoms with Gasteiger partial charge in [-0.05, 0) is 97.1 Å². The molecule has 1 aliphatic heterocycles. The third-order valence-electron chi connectivity index (χ3n) is 7.04. The summed E-state index contributed by atoms with van der Waals surface area (Å²) in [6, 6.07) is 20.8. The Kier molecular flexibility index (Phi) is 7.33. The second-order valence-corrected chi connectivity index (χ2v) is 9.43. The fourth-order valence-electron chi connectivity index (χ4n) is 5.07. The van der Waals surface area contributed by atoms with E-state index in [1.807, 2.05) is 30.3 Å². The molecule has 0 spiro atoms. The maximum Gasteiger partial charge on any atom is 0.220 e. The van der Waals surface area contributed by atoms with Crippen molar-refractivity contribution in [2.45, 2.75) is 38.8 Å². The number of methoxy groups -OCH3 is 1. The van der Waals surface area contributed by atoms with Crippen molar-refractivity contribution in [2.24, 2.45) is 0 Å². The molecule has 0 radical (unpaired) electrons. The number of nitrogens with one attached hydrogen (secondary N) is 2. The van der Waals surface area contributed by atoms with Gasteiger partial charge in [-0.2, -0.15) is 0 Å². The third kappa shape index (κ3) is 5.44. The number of hydrogen-bond donors (Lipinski definition) is 2. The molecule has 1 aliphatic rings. The molecule has 1 aromatic heterocycles. The second-order valence-electron chi connectivity index (χ2n) is 9.43. The van der Waals surface area contributed by atoms with Crippen molar-refractivity contribution in [3.05, 3.63) is 89.2 Å². The molecular formula is C30H32FN3O2. The Bertz CT molecular complexity index is 1340. The van der Waals surface area contributed by atoms with E-state index in [1.165, 1.54) is 24.5 Å². The number of aromatic amines is 1. The molecule has 4 aromatic rings. The van der Waals surface area contributed by atoms with E-state index in [4.69, 9.17) is 4.74 Å². The number of fused-ring (bicyclic) bond motifs is 1. The molecule has 0 aliphatic carbocycles. The van der Waals surface area contributed by atoms with E-state index >= 15 is 0 Å². The highest BCUT2D eigenvalue weighted by Gasteiger charge is 2.17. The first-order valence-corrected chi connectivity index (χ1v) is 12.6. The molecule has 1 fully saturated rings. The zero-order valence-corrected chi connectivity index (χ0v) is 20.6. The van der Waals surface area contributed by atoms with E-state index < -0.39 is 0 Å². The summed E-state index contributed by atoms with van der Waals surface area (Å²) in [6.45, 7) is 3.72. The number of H-pyrrole nitrogens is 1. The SMILES string of the molecule is COc1ccc(-c2[nH]c3ccc(F)cc3c2CCC(=O)NCc2ccccc2CN2CCCC2)cc1. The number of likely N-dealkylation sites (tertiary alicyclic amines) is 1. The Hall–Kier alpha value is -3.64. The molecule has 1 saturated heterocycles. The highest BCUT2D eigenvalue weighted by Crippen LogP contribution is 2.32. The van der Waals surface area contributed by atoms with E-state index in [0.717, 1.165) is 58.7 Å². The fourth-order valence-corrected chi connectivity index (χ4v) is 5.07. The zero-order chi connectivity index (χ0) is 24.9. The third-order valence-corrected chi connectivity index (χ3v) is 7.04. The molecule has 186 valence electrons. The summed E-state index contributed by atoms with van der Waals surface area (Å²) in [6.07, 6.45) is 3.34. The van der Waals surface area contributed by atoms with Crippen molar-refractivity contribution in [1.82, 2.24) is 15.2 Å². The van der Waals surface area contributed by atoms with E-state index in [2.05, 4.69) is 33.4 Å². The smallest absolute Gasteiger partial charge is 0.220 e. The number of ether oxygens (including phenoxy) is 1. The van der Waals surface area contributed by atoms with Gasteiger partial charge in [-0.3, -0.25) is 9.69 Å². The lowest BCUT2D eigenvalue weighted by atomic mass is 10.0. The number of carbonyl (C=O) groups excluding carboxylic acids is 1.